The number of piperazine rings is 1. The Kier molecular flexibility index (Phi) is 7.80. The Labute approximate surface area is 202 Å². The summed E-state index contributed by atoms with van der Waals surface area (Å²) < 4.78 is 43.6. The van der Waals surface area contributed by atoms with Crippen molar-refractivity contribution in [3.05, 3.63) is 52.5 Å². The topological polar surface area (TPSA) is 73.9 Å². The third-order valence-electron chi connectivity index (χ3n) is 4.93. The van der Waals surface area contributed by atoms with Crippen LogP contribution in [0.3, 0.4) is 0 Å². The van der Waals surface area contributed by atoms with Crippen molar-refractivity contribution < 1.29 is 27.5 Å². The van der Waals surface area contributed by atoms with Crippen LogP contribution in [0, 0.1) is 0 Å². The standard InChI is InChI=1S/C21H20BrF3N4O3S/c1-32-17-7-2-13(22)12-16(17)18(30)27-20(33)26-14-3-5-15(6-4-14)28-8-10-29(11-9-28)19(31)21(23,24)25/h2-7,12H,8-11H2,1H3,(H2,26,27,30,33). The lowest BCUT2D eigenvalue weighted by Gasteiger charge is -2.36. The van der Waals surface area contributed by atoms with E-state index in [0.717, 1.165) is 10.6 Å². The number of anilines is 2. The lowest BCUT2D eigenvalue weighted by atomic mass is 10.2. The summed E-state index contributed by atoms with van der Waals surface area (Å²) in [6.07, 6.45) is -4.86. The molecule has 33 heavy (non-hydrogen) atoms. The average molecular weight is 545 g/mol. The molecule has 0 bridgehead atoms. The van der Waals surface area contributed by atoms with Gasteiger partial charge in [0.15, 0.2) is 5.11 Å². The van der Waals surface area contributed by atoms with Crippen molar-refractivity contribution in [1.29, 1.82) is 0 Å². The number of amides is 2. The minimum absolute atomic E-state index is 0.00642. The second-order valence-corrected chi connectivity index (χ2v) is 8.40. The van der Waals surface area contributed by atoms with Gasteiger partial charge in [-0.25, -0.2) is 0 Å². The van der Waals surface area contributed by atoms with E-state index in [1.54, 1.807) is 42.5 Å². The Morgan fingerprint density at radius 2 is 1.70 bits per heavy atom. The molecule has 1 heterocycles. The van der Waals surface area contributed by atoms with E-state index in [0.29, 0.717) is 21.5 Å². The predicted molar refractivity (Wildman–Crippen MR) is 126 cm³/mol. The van der Waals surface area contributed by atoms with Crippen LogP contribution in [0.1, 0.15) is 10.4 Å². The molecule has 12 heteroatoms. The van der Waals surface area contributed by atoms with Crippen molar-refractivity contribution in [2.45, 2.75) is 6.18 Å². The first-order chi connectivity index (χ1) is 15.6. The molecule has 7 nitrogen and oxygen atoms in total. The summed E-state index contributed by atoms with van der Waals surface area (Å²) in [5.74, 6) is -1.84. The van der Waals surface area contributed by atoms with Gasteiger partial charge in [0, 0.05) is 42.0 Å². The van der Waals surface area contributed by atoms with Gasteiger partial charge in [-0.1, -0.05) is 15.9 Å². The van der Waals surface area contributed by atoms with Gasteiger partial charge >= 0.3 is 12.1 Å². The Balaban J connectivity index is 1.55. The number of ether oxygens (including phenoxy) is 1. The second kappa shape index (κ2) is 10.4. The van der Waals surface area contributed by atoms with Gasteiger partial charge in [-0.3, -0.25) is 14.9 Å². The fourth-order valence-electron chi connectivity index (χ4n) is 3.29. The summed E-state index contributed by atoms with van der Waals surface area (Å²) in [5, 5.41) is 5.60. The molecule has 2 aromatic carbocycles. The van der Waals surface area contributed by atoms with Gasteiger partial charge in [-0.15, -0.1) is 0 Å². The number of nitrogens with one attached hydrogen (secondary N) is 2. The van der Waals surface area contributed by atoms with Crippen LogP contribution < -0.4 is 20.3 Å². The number of hydrogen-bond donors (Lipinski definition) is 2. The van der Waals surface area contributed by atoms with Crippen LogP contribution in [0.5, 0.6) is 5.75 Å². The zero-order valence-corrected chi connectivity index (χ0v) is 19.8. The fraction of sp³-hybridized carbons (Fsp3) is 0.286. The first-order valence-electron chi connectivity index (χ1n) is 9.75. The van der Waals surface area contributed by atoms with E-state index in [1.165, 1.54) is 7.11 Å². The highest BCUT2D eigenvalue weighted by molar-refractivity contribution is 9.10. The van der Waals surface area contributed by atoms with Crippen LogP contribution in [0.15, 0.2) is 46.9 Å². The maximum Gasteiger partial charge on any atom is 0.471 e. The number of rotatable bonds is 4. The number of carbonyl (C=O) groups is 2. The highest BCUT2D eigenvalue weighted by Gasteiger charge is 2.43. The van der Waals surface area contributed by atoms with Crippen LogP contribution in [-0.4, -0.2) is 61.3 Å². The fourth-order valence-corrected chi connectivity index (χ4v) is 3.86. The van der Waals surface area contributed by atoms with Gasteiger partial charge < -0.3 is 19.9 Å². The highest BCUT2D eigenvalue weighted by atomic mass is 79.9. The molecule has 3 rings (SSSR count). The van der Waals surface area contributed by atoms with E-state index >= 15 is 0 Å². The van der Waals surface area contributed by atoms with Crippen molar-refractivity contribution in [2.24, 2.45) is 0 Å². The lowest BCUT2D eigenvalue weighted by Crippen LogP contribution is -2.52. The van der Waals surface area contributed by atoms with Crippen molar-refractivity contribution in [3.8, 4) is 5.75 Å². The van der Waals surface area contributed by atoms with E-state index in [1.807, 2.05) is 4.90 Å². The molecule has 2 amide bonds. The molecule has 0 saturated carbocycles. The quantitative estimate of drug-likeness (QED) is 0.570. The summed E-state index contributed by atoms with van der Waals surface area (Å²) in [6.45, 7) is 0.566. The third kappa shape index (κ3) is 6.35. The number of thiocarbonyl (C=S) groups is 1. The van der Waals surface area contributed by atoms with E-state index < -0.39 is 18.0 Å². The zero-order chi connectivity index (χ0) is 24.2. The molecule has 176 valence electrons. The van der Waals surface area contributed by atoms with Crippen LogP contribution >= 0.6 is 28.1 Å². The molecule has 1 saturated heterocycles. The second-order valence-electron chi connectivity index (χ2n) is 7.08. The Bertz CT molecular complexity index is 1040. The summed E-state index contributed by atoms with van der Waals surface area (Å²) in [6, 6.07) is 12.1. The number of halogens is 4. The zero-order valence-electron chi connectivity index (χ0n) is 17.4. The SMILES string of the molecule is COc1ccc(Br)cc1C(=O)NC(=S)Nc1ccc(N2CCN(C(=O)C(F)(F)F)CC2)cc1. The molecule has 0 radical (unpaired) electrons. The van der Waals surface area contributed by atoms with Crippen LogP contribution in [-0.2, 0) is 4.79 Å². The molecule has 1 aliphatic rings. The van der Waals surface area contributed by atoms with Crippen molar-refractivity contribution in [3.63, 3.8) is 0 Å². The normalized spacial score (nSPS) is 14.0. The number of alkyl halides is 3. The van der Waals surface area contributed by atoms with Crippen molar-refractivity contribution in [2.75, 3.05) is 43.5 Å². The van der Waals surface area contributed by atoms with Gasteiger partial charge in [0.2, 0.25) is 0 Å². The molecule has 0 spiro atoms. The van der Waals surface area contributed by atoms with Crippen molar-refractivity contribution >= 4 is 56.4 Å². The summed E-state index contributed by atoms with van der Waals surface area (Å²) >= 11 is 8.53. The van der Waals surface area contributed by atoms with Crippen LogP contribution in [0.4, 0.5) is 24.5 Å². The Morgan fingerprint density at radius 1 is 1.06 bits per heavy atom. The van der Waals surface area contributed by atoms with Crippen molar-refractivity contribution in [1.82, 2.24) is 10.2 Å². The van der Waals surface area contributed by atoms with Crippen LogP contribution in [0.25, 0.3) is 0 Å². The number of carbonyl (C=O) groups excluding carboxylic acids is 2. The molecule has 0 aliphatic carbocycles. The van der Waals surface area contributed by atoms with Gasteiger partial charge in [0.25, 0.3) is 5.91 Å². The number of methoxy groups -OCH3 is 1. The molecule has 2 N–H and O–H groups in total. The van der Waals surface area contributed by atoms with Crippen LogP contribution in [0.2, 0.25) is 0 Å². The molecular weight excluding hydrogens is 525 g/mol. The largest absolute Gasteiger partial charge is 0.496 e. The minimum Gasteiger partial charge on any atom is -0.496 e. The highest BCUT2D eigenvalue weighted by Crippen LogP contribution is 2.24. The minimum atomic E-state index is -4.86. The number of nitrogens with zero attached hydrogens (tertiary/aromatic N) is 2. The molecule has 1 aliphatic heterocycles. The van der Waals surface area contributed by atoms with Gasteiger partial charge in [0.05, 0.1) is 12.7 Å². The molecule has 2 aromatic rings. The van der Waals surface area contributed by atoms with Gasteiger partial charge in [-0.2, -0.15) is 13.2 Å². The molecule has 0 atom stereocenters. The van der Waals surface area contributed by atoms with Gasteiger partial charge in [-0.05, 0) is 54.7 Å². The monoisotopic (exact) mass is 544 g/mol. The Hall–Kier alpha value is -2.86. The molecule has 0 unspecified atom stereocenters. The predicted octanol–water partition coefficient (Wildman–Crippen LogP) is 3.80. The third-order valence-corrected chi connectivity index (χ3v) is 5.63. The lowest BCUT2D eigenvalue weighted by molar-refractivity contribution is -0.185. The van der Waals surface area contributed by atoms with E-state index in [9.17, 15) is 22.8 Å². The van der Waals surface area contributed by atoms with Gasteiger partial charge in [0.1, 0.15) is 5.75 Å². The van der Waals surface area contributed by atoms with E-state index in [-0.39, 0.29) is 31.3 Å². The first-order valence-corrected chi connectivity index (χ1v) is 11.0. The molecule has 1 fully saturated rings. The molecular formula is C21H20BrF3N4O3S. The summed E-state index contributed by atoms with van der Waals surface area (Å²) in [5.41, 5.74) is 1.74. The molecule has 0 aromatic heterocycles. The number of benzene rings is 2. The maximum atomic E-state index is 12.6. The average Bonchev–Trinajstić information content (AvgIpc) is 2.78. The smallest absolute Gasteiger partial charge is 0.471 e. The summed E-state index contributed by atoms with van der Waals surface area (Å²) in [4.78, 5) is 26.6. The Morgan fingerprint density at radius 3 is 2.27 bits per heavy atom. The summed E-state index contributed by atoms with van der Waals surface area (Å²) in [7, 11) is 1.46. The maximum absolute atomic E-state index is 12.6. The first kappa shape index (κ1) is 24.8. The van der Waals surface area contributed by atoms with E-state index in [4.69, 9.17) is 17.0 Å². The van der Waals surface area contributed by atoms with E-state index in [2.05, 4.69) is 26.6 Å². The number of hydrogen-bond acceptors (Lipinski definition) is 5.